The molecule has 0 amide bonds. The number of hydrogen-bond donors (Lipinski definition) is 1. The summed E-state index contributed by atoms with van der Waals surface area (Å²) < 4.78 is 0. The van der Waals surface area contributed by atoms with Crippen molar-refractivity contribution in [1.29, 1.82) is 0 Å². The molecule has 1 heterocycles. The Kier molecular flexibility index (Phi) is 4.56. The lowest BCUT2D eigenvalue weighted by Crippen LogP contribution is -2.48. The van der Waals surface area contributed by atoms with Gasteiger partial charge < -0.3 is 10.2 Å². The molecule has 0 aliphatic carbocycles. The largest absolute Gasteiger partial charge is 0.309 e. The van der Waals surface area contributed by atoms with Crippen molar-refractivity contribution in [2.45, 2.75) is 51.9 Å². The topological polar surface area (TPSA) is 18.5 Å². The highest BCUT2D eigenvalue weighted by molar-refractivity contribution is 4.95. The maximum absolute atomic E-state index is 3.67. The molecule has 0 spiro atoms. The van der Waals surface area contributed by atoms with Gasteiger partial charge >= 0.3 is 0 Å². The SMILES string of the molecule is CC(C)N[C@H]1CN(C(C)C)CC1N(C)C. The quantitative estimate of drug-likeness (QED) is 0.752. The molecule has 3 nitrogen and oxygen atoms in total. The van der Waals surface area contributed by atoms with E-state index in [1.807, 2.05) is 0 Å². The monoisotopic (exact) mass is 213 g/mol. The Morgan fingerprint density at radius 3 is 2.13 bits per heavy atom. The molecular formula is C12H27N3. The Bertz CT molecular complexity index is 189. The van der Waals surface area contributed by atoms with Gasteiger partial charge in [0.15, 0.2) is 0 Å². The third-order valence-electron chi connectivity index (χ3n) is 3.26. The molecule has 0 radical (unpaired) electrons. The van der Waals surface area contributed by atoms with Crippen molar-refractivity contribution < 1.29 is 0 Å². The molecular weight excluding hydrogens is 186 g/mol. The van der Waals surface area contributed by atoms with E-state index >= 15 is 0 Å². The summed E-state index contributed by atoms with van der Waals surface area (Å²) in [5.41, 5.74) is 0. The standard InChI is InChI=1S/C12H27N3/c1-9(2)13-11-7-15(10(3)4)8-12(11)14(5)6/h9-13H,7-8H2,1-6H3/t11-,12?/m0/s1. The second-order valence-electron chi connectivity index (χ2n) is 5.51. The van der Waals surface area contributed by atoms with E-state index in [-0.39, 0.29) is 0 Å². The van der Waals surface area contributed by atoms with Gasteiger partial charge in [0.25, 0.3) is 0 Å². The highest BCUT2D eigenvalue weighted by atomic mass is 15.3. The zero-order chi connectivity index (χ0) is 11.6. The van der Waals surface area contributed by atoms with Crippen LogP contribution in [0.15, 0.2) is 0 Å². The predicted octanol–water partition coefficient (Wildman–Crippen LogP) is 1.01. The van der Waals surface area contributed by atoms with Crippen LogP contribution in [0.2, 0.25) is 0 Å². The van der Waals surface area contributed by atoms with E-state index in [2.05, 4.69) is 56.9 Å². The predicted molar refractivity (Wildman–Crippen MR) is 66.2 cm³/mol. The van der Waals surface area contributed by atoms with E-state index < -0.39 is 0 Å². The molecule has 0 aromatic carbocycles. The minimum atomic E-state index is 0.574. The fourth-order valence-electron chi connectivity index (χ4n) is 2.35. The number of hydrogen-bond acceptors (Lipinski definition) is 3. The van der Waals surface area contributed by atoms with Gasteiger partial charge in [-0.05, 0) is 27.9 Å². The number of nitrogens with one attached hydrogen (secondary N) is 1. The van der Waals surface area contributed by atoms with Crippen LogP contribution in [0.1, 0.15) is 27.7 Å². The van der Waals surface area contributed by atoms with Gasteiger partial charge in [0.2, 0.25) is 0 Å². The third kappa shape index (κ3) is 3.44. The average molecular weight is 213 g/mol. The first-order valence-corrected chi connectivity index (χ1v) is 6.08. The van der Waals surface area contributed by atoms with Crippen molar-refractivity contribution in [3.8, 4) is 0 Å². The minimum absolute atomic E-state index is 0.574. The Labute approximate surface area is 94.8 Å². The number of likely N-dealkylation sites (tertiary alicyclic amines) is 1. The van der Waals surface area contributed by atoms with Crippen LogP contribution in [0.5, 0.6) is 0 Å². The summed E-state index contributed by atoms with van der Waals surface area (Å²) in [7, 11) is 4.37. The van der Waals surface area contributed by atoms with Crippen LogP contribution in [0.25, 0.3) is 0 Å². The van der Waals surface area contributed by atoms with Gasteiger partial charge in [-0.2, -0.15) is 0 Å². The van der Waals surface area contributed by atoms with E-state index in [0.29, 0.717) is 24.2 Å². The first kappa shape index (κ1) is 12.9. The number of likely N-dealkylation sites (N-methyl/N-ethyl adjacent to an activating group) is 1. The molecule has 1 aliphatic heterocycles. The normalized spacial score (nSPS) is 28.6. The Hall–Kier alpha value is -0.120. The van der Waals surface area contributed by atoms with Crippen LogP contribution in [0, 0.1) is 0 Å². The van der Waals surface area contributed by atoms with E-state index in [0.717, 1.165) is 0 Å². The summed E-state index contributed by atoms with van der Waals surface area (Å²) in [6.07, 6.45) is 0. The van der Waals surface area contributed by atoms with E-state index in [4.69, 9.17) is 0 Å². The molecule has 1 saturated heterocycles. The highest BCUT2D eigenvalue weighted by Gasteiger charge is 2.34. The second-order valence-corrected chi connectivity index (χ2v) is 5.51. The van der Waals surface area contributed by atoms with Crippen LogP contribution in [-0.4, -0.2) is 61.2 Å². The molecule has 2 atom stereocenters. The van der Waals surface area contributed by atoms with Crippen molar-refractivity contribution in [2.24, 2.45) is 0 Å². The van der Waals surface area contributed by atoms with Gasteiger partial charge in [-0.1, -0.05) is 13.8 Å². The van der Waals surface area contributed by atoms with Crippen molar-refractivity contribution in [2.75, 3.05) is 27.2 Å². The van der Waals surface area contributed by atoms with Gasteiger partial charge in [-0.15, -0.1) is 0 Å². The maximum Gasteiger partial charge on any atom is 0.0383 e. The summed E-state index contributed by atoms with van der Waals surface area (Å²) >= 11 is 0. The highest BCUT2D eigenvalue weighted by Crippen LogP contribution is 2.17. The van der Waals surface area contributed by atoms with Crippen molar-refractivity contribution in [1.82, 2.24) is 15.1 Å². The van der Waals surface area contributed by atoms with Gasteiger partial charge in [0.05, 0.1) is 0 Å². The summed E-state index contributed by atoms with van der Waals surface area (Å²) in [5, 5.41) is 3.67. The molecule has 1 N–H and O–H groups in total. The van der Waals surface area contributed by atoms with Gasteiger partial charge in [0, 0.05) is 37.3 Å². The first-order chi connectivity index (χ1) is 6.91. The molecule has 0 aromatic rings. The van der Waals surface area contributed by atoms with Crippen molar-refractivity contribution >= 4 is 0 Å². The van der Waals surface area contributed by atoms with Crippen LogP contribution in [0.3, 0.4) is 0 Å². The summed E-state index contributed by atoms with van der Waals surface area (Å²) in [6, 6.07) is 2.49. The molecule has 1 unspecified atom stereocenters. The van der Waals surface area contributed by atoms with Crippen LogP contribution in [0.4, 0.5) is 0 Å². The van der Waals surface area contributed by atoms with Crippen molar-refractivity contribution in [3.05, 3.63) is 0 Å². The average Bonchev–Trinajstić information content (AvgIpc) is 2.46. The lowest BCUT2D eigenvalue weighted by atomic mass is 10.1. The molecule has 0 saturated carbocycles. The lowest BCUT2D eigenvalue weighted by Gasteiger charge is -2.27. The Balaban J connectivity index is 2.59. The molecule has 1 fully saturated rings. The first-order valence-electron chi connectivity index (χ1n) is 6.08. The summed E-state index contributed by atoms with van der Waals surface area (Å²) in [5.74, 6) is 0. The maximum atomic E-state index is 3.67. The van der Waals surface area contributed by atoms with Gasteiger partial charge in [-0.3, -0.25) is 4.90 Å². The van der Waals surface area contributed by atoms with Crippen LogP contribution >= 0.6 is 0 Å². The minimum Gasteiger partial charge on any atom is -0.309 e. The summed E-state index contributed by atoms with van der Waals surface area (Å²) in [6.45, 7) is 11.4. The fourth-order valence-corrected chi connectivity index (χ4v) is 2.35. The smallest absolute Gasteiger partial charge is 0.0383 e. The second kappa shape index (κ2) is 5.28. The van der Waals surface area contributed by atoms with E-state index in [1.54, 1.807) is 0 Å². The van der Waals surface area contributed by atoms with Gasteiger partial charge in [0.1, 0.15) is 0 Å². The molecule has 0 bridgehead atoms. The molecule has 15 heavy (non-hydrogen) atoms. The molecule has 3 heteroatoms. The zero-order valence-electron chi connectivity index (χ0n) is 11.1. The van der Waals surface area contributed by atoms with Gasteiger partial charge in [-0.25, -0.2) is 0 Å². The number of nitrogens with zero attached hydrogens (tertiary/aromatic N) is 2. The third-order valence-corrected chi connectivity index (χ3v) is 3.26. The number of rotatable bonds is 4. The van der Waals surface area contributed by atoms with E-state index in [9.17, 15) is 0 Å². The zero-order valence-corrected chi connectivity index (χ0v) is 11.1. The lowest BCUT2D eigenvalue weighted by molar-refractivity contribution is 0.233. The fraction of sp³-hybridized carbons (Fsp3) is 1.00. The van der Waals surface area contributed by atoms with Crippen LogP contribution in [-0.2, 0) is 0 Å². The van der Waals surface area contributed by atoms with E-state index in [1.165, 1.54) is 13.1 Å². The van der Waals surface area contributed by atoms with Crippen LogP contribution < -0.4 is 5.32 Å². The Morgan fingerprint density at radius 1 is 1.13 bits per heavy atom. The van der Waals surface area contributed by atoms with Crippen molar-refractivity contribution in [3.63, 3.8) is 0 Å². The molecule has 0 aromatic heterocycles. The summed E-state index contributed by atoms with van der Waals surface area (Å²) in [4.78, 5) is 4.91. The molecule has 1 rings (SSSR count). The molecule has 90 valence electrons. The molecule has 1 aliphatic rings. The Morgan fingerprint density at radius 2 is 1.73 bits per heavy atom.